The molecule has 8 heteroatoms. The van der Waals surface area contributed by atoms with Crippen molar-refractivity contribution in [3.05, 3.63) is 58.9 Å². The third kappa shape index (κ3) is 2.84. The molecule has 1 unspecified atom stereocenters. The third-order valence-corrected chi connectivity index (χ3v) is 5.35. The largest absolute Gasteiger partial charge is 0.496 e. The number of halogens is 1. The van der Waals surface area contributed by atoms with Gasteiger partial charge in [0.1, 0.15) is 22.9 Å². The molecule has 2 aromatic carbocycles. The number of hydrogen-bond acceptors (Lipinski definition) is 6. The molecule has 7 nitrogen and oxygen atoms in total. The van der Waals surface area contributed by atoms with E-state index in [9.17, 15) is 9.18 Å². The molecule has 1 amide bonds. The van der Waals surface area contributed by atoms with Gasteiger partial charge in [-0.05, 0) is 42.8 Å². The van der Waals surface area contributed by atoms with Gasteiger partial charge in [-0.25, -0.2) is 9.23 Å². The minimum atomic E-state index is -0.409. The number of hydrogen-bond donors (Lipinski definition) is 2. The van der Waals surface area contributed by atoms with Crippen LogP contribution < -0.4 is 15.5 Å². The van der Waals surface area contributed by atoms with Gasteiger partial charge in [0.15, 0.2) is 0 Å². The quantitative estimate of drug-likeness (QED) is 0.684. The summed E-state index contributed by atoms with van der Waals surface area (Å²) in [6, 6.07) is 9.39. The normalized spacial score (nSPS) is 17.9. The second-order valence-electron chi connectivity index (χ2n) is 7.01. The number of fused-ring (bicyclic) bond motifs is 2. The van der Waals surface area contributed by atoms with Crippen LogP contribution >= 0.6 is 0 Å². The summed E-state index contributed by atoms with van der Waals surface area (Å²) < 4.78 is 30.7. The highest BCUT2D eigenvalue weighted by Gasteiger charge is 2.34. The molecular weight excluding hydrogens is 391 g/mol. The number of benzene rings is 2. The molecule has 0 saturated carbocycles. The Labute approximate surface area is 171 Å². The number of carbonyl (C=O) groups is 1. The highest BCUT2D eigenvalue weighted by atomic mass is 19.1. The molecule has 0 spiro atoms. The number of carbonyl (C=O) groups excluding carboxylic acids is 1. The zero-order valence-corrected chi connectivity index (χ0v) is 16.4. The fourth-order valence-electron chi connectivity index (χ4n) is 3.89. The molecule has 2 aliphatic rings. The number of furan rings is 1. The van der Waals surface area contributed by atoms with Gasteiger partial charge in [0.2, 0.25) is 6.29 Å². The molecular formula is C22H19FN2O5. The zero-order valence-electron chi connectivity index (χ0n) is 16.4. The van der Waals surface area contributed by atoms with Crippen LogP contribution in [-0.4, -0.2) is 33.0 Å². The number of methoxy groups -OCH3 is 1. The molecule has 1 aromatic heterocycles. The van der Waals surface area contributed by atoms with E-state index in [0.717, 1.165) is 23.3 Å². The van der Waals surface area contributed by atoms with Crippen LogP contribution in [0.5, 0.6) is 5.75 Å². The Balaban J connectivity index is 1.74. The number of ether oxygens (including phenoxy) is 2. The number of rotatable bonds is 4. The monoisotopic (exact) mass is 410 g/mol. The summed E-state index contributed by atoms with van der Waals surface area (Å²) in [7, 11) is 3.11. The number of nitrogens with one attached hydrogen (secondary N) is 2. The molecule has 154 valence electrons. The Morgan fingerprint density at radius 1 is 1.27 bits per heavy atom. The van der Waals surface area contributed by atoms with E-state index in [1.807, 2.05) is 6.07 Å². The van der Waals surface area contributed by atoms with Crippen LogP contribution in [-0.2, 0) is 9.57 Å². The molecule has 30 heavy (non-hydrogen) atoms. The molecule has 2 N–H and O–H groups in total. The van der Waals surface area contributed by atoms with E-state index in [1.54, 1.807) is 32.4 Å². The van der Waals surface area contributed by atoms with E-state index in [0.29, 0.717) is 40.2 Å². The highest BCUT2D eigenvalue weighted by Crippen LogP contribution is 2.41. The zero-order chi connectivity index (χ0) is 20.8. The van der Waals surface area contributed by atoms with Crippen LogP contribution in [0.4, 0.5) is 4.39 Å². The van der Waals surface area contributed by atoms with Gasteiger partial charge in [-0.1, -0.05) is 0 Å². The molecule has 0 radical (unpaired) electrons. The van der Waals surface area contributed by atoms with Gasteiger partial charge in [0.05, 0.1) is 25.0 Å². The summed E-state index contributed by atoms with van der Waals surface area (Å²) in [6.45, 7) is 0.589. The van der Waals surface area contributed by atoms with E-state index >= 15 is 0 Å². The maximum absolute atomic E-state index is 13.4. The maximum Gasteiger partial charge on any atom is 0.255 e. The van der Waals surface area contributed by atoms with E-state index in [1.165, 1.54) is 12.1 Å². The van der Waals surface area contributed by atoms with Gasteiger partial charge in [-0.3, -0.25) is 10.3 Å². The highest BCUT2D eigenvalue weighted by molar-refractivity contribution is 6.11. The lowest BCUT2D eigenvalue weighted by molar-refractivity contribution is -0.109. The summed E-state index contributed by atoms with van der Waals surface area (Å²) in [6.07, 6.45) is 0.338. The van der Waals surface area contributed by atoms with Crippen molar-refractivity contribution in [1.82, 2.24) is 10.8 Å². The topological polar surface area (TPSA) is 82.0 Å². The van der Waals surface area contributed by atoms with Crippen molar-refractivity contribution in [1.29, 1.82) is 0 Å². The van der Waals surface area contributed by atoms with Gasteiger partial charge in [-0.15, -0.1) is 0 Å². The Kier molecular flexibility index (Phi) is 4.45. The Morgan fingerprint density at radius 3 is 2.80 bits per heavy atom. The van der Waals surface area contributed by atoms with Crippen LogP contribution in [0.1, 0.15) is 22.3 Å². The molecule has 0 aliphatic carbocycles. The van der Waals surface area contributed by atoms with Crippen molar-refractivity contribution in [2.45, 2.75) is 12.7 Å². The van der Waals surface area contributed by atoms with Gasteiger partial charge in [0.25, 0.3) is 5.91 Å². The minimum absolute atomic E-state index is 0.309. The van der Waals surface area contributed by atoms with Crippen molar-refractivity contribution in [2.24, 2.45) is 0 Å². The Bertz CT molecular complexity index is 1180. The lowest BCUT2D eigenvalue weighted by Crippen LogP contribution is -2.18. The lowest BCUT2D eigenvalue weighted by Gasteiger charge is -2.11. The molecule has 2 aliphatic heterocycles. The van der Waals surface area contributed by atoms with Crippen molar-refractivity contribution in [2.75, 3.05) is 20.8 Å². The van der Waals surface area contributed by atoms with Crippen LogP contribution in [0.15, 0.2) is 46.4 Å². The van der Waals surface area contributed by atoms with E-state index in [4.69, 9.17) is 18.7 Å². The van der Waals surface area contributed by atoms with Crippen LogP contribution in [0, 0.1) is 5.82 Å². The first-order chi connectivity index (χ1) is 14.6. The van der Waals surface area contributed by atoms with Crippen molar-refractivity contribution in [3.63, 3.8) is 0 Å². The van der Waals surface area contributed by atoms with E-state index in [-0.39, 0.29) is 11.7 Å². The minimum Gasteiger partial charge on any atom is -0.496 e. The predicted octanol–water partition coefficient (Wildman–Crippen LogP) is 3.60. The van der Waals surface area contributed by atoms with Crippen molar-refractivity contribution in [3.8, 4) is 17.1 Å². The first-order valence-electron chi connectivity index (χ1n) is 9.50. The fourth-order valence-corrected chi connectivity index (χ4v) is 3.89. The first kappa shape index (κ1) is 18.7. The average molecular weight is 410 g/mol. The smallest absolute Gasteiger partial charge is 0.255 e. The SMILES string of the molecule is CNC(=O)c1c(-c2ccc(F)cc2)oc2cc(C3=C4CCOC4ON3)c(OC)cc12. The lowest BCUT2D eigenvalue weighted by atomic mass is 10.0. The molecule has 3 heterocycles. The van der Waals surface area contributed by atoms with Crippen LogP contribution in [0.25, 0.3) is 28.0 Å². The van der Waals surface area contributed by atoms with Gasteiger partial charge in [-0.2, -0.15) is 0 Å². The second-order valence-corrected chi connectivity index (χ2v) is 7.01. The summed E-state index contributed by atoms with van der Waals surface area (Å²) in [5.74, 6) is 0.245. The maximum atomic E-state index is 13.4. The number of hydroxylamine groups is 1. The summed E-state index contributed by atoms with van der Waals surface area (Å²) in [5, 5.41) is 3.24. The first-order valence-corrected chi connectivity index (χ1v) is 9.50. The summed E-state index contributed by atoms with van der Waals surface area (Å²) in [4.78, 5) is 18.2. The molecule has 1 fully saturated rings. The fraction of sp³-hybridized carbons (Fsp3) is 0.227. The Hall–Kier alpha value is -3.36. The number of amides is 1. The van der Waals surface area contributed by atoms with E-state index in [2.05, 4.69) is 10.8 Å². The third-order valence-electron chi connectivity index (χ3n) is 5.35. The van der Waals surface area contributed by atoms with Gasteiger partial charge >= 0.3 is 0 Å². The van der Waals surface area contributed by atoms with Gasteiger partial charge in [0, 0.05) is 29.1 Å². The van der Waals surface area contributed by atoms with Crippen molar-refractivity contribution < 1.29 is 27.9 Å². The predicted molar refractivity (Wildman–Crippen MR) is 107 cm³/mol. The standard InChI is InChI=1S/C22H19FN2O5/c1-24-21(26)18-14-9-16(27-2)15(19-13-7-8-28-22(13)30-25-19)10-17(14)29-20(18)11-3-5-12(23)6-4-11/h3-6,9-10,22,25H,7-8H2,1-2H3,(H,24,26). The van der Waals surface area contributed by atoms with Gasteiger partial charge < -0.3 is 19.2 Å². The summed E-state index contributed by atoms with van der Waals surface area (Å²) in [5.41, 5.74) is 6.90. The molecule has 1 saturated heterocycles. The molecule has 3 aromatic rings. The molecule has 1 atom stereocenters. The molecule has 0 bridgehead atoms. The second kappa shape index (κ2) is 7.16. The molecule has 5 rings (SSSR count). The van der Waals surface area contributed by atoms with E-state index < -0.39 is 6.29 Å². The Morgan fingerprint density at radius 2 is 2.07 bits per heavy atom. The van der Waals surface area contributed by atoms with Crippen LogP contribution in [0.3, 0.4) is 0 Å². The van der Waals surface area contributed by atoms with Crippen molar-refractivity contribution >= 4 is 22.6 Å². The summed E-state index contributed by atoms with van der Waals surface area (Å²) >= 11 is 0. The average Bonchev–Trinajstić information content (AvgIpc) is 3.46. The van der Waals surface area contributed by atoms with Crippen LogP contribution in [0.2, 0.25) is 0 Å².